The van der Waals surface area contributed by atoms with E-state index in [1.165, 1.54) is 16.8 Å². The van der Waals surface area contributed by atoms with Gasteiger partial charge in [0.25, 0.3) is 0 Å². The minimum Gasteiger partial charge on any atom is -0.338 e. The molecule has 1 aliphatic carbocycles. The first-order valence-corrected chi connectivity index (χ1v) is 8.29. The molecule has 1 aromatic heterocycles. The van der Waals surface area contributed by atoms with Crippen LogP contribution in [0, 0.1) is 13.8 Å². The molecule has 0 saturated carbocycles. The zero-order chi connectivity index (χ0) is 16.4. The van der Waals surface area contributed by atoms with Crippen molar-refractivity contribution in [3.8, 4) is 5.69 Å². The average Bonchev–Trinajstić information content (AvgIpc) is 2.95. The second-order valence-electron chi connectivity index (χ2n) is 6.18. The largest absolute Gasteiger partial charge is 0.338 e. The Labute approximate surface area is 137 Å². The Morgan fingerprint density at radius 1 is 1.35 bits per heavy atom. The van der Waals surface area contributed by atoms with Gasteiger partial charge in [-0.2, -0.15) is 5.10 Å². The molecule has 1 aliphatic rings. The van der Waals surface area contributed by atoms with Gasteiger partial charge >= 0.3 is 6.03 Å². The number of fused-ring (bicyclic) bond motifs is 1. The lowest BCUT2D eigenvalue weighted by Gasteiger charge is -2.24. The Morgan fingerprint density at radius 2 is 2.17 bits per heavy atom. The molecule has 2 N–H and O–H groups in total. The van der Waals surface area contributed by atoms with Crippen LogP contribution >= 0.6 is 0 Å². The average molecular weight is 312 g/mol. The number of nitrogens with zero attached hydrogens (tertiary/aromatic N) is 2. The third-order valence-electron chi connectivity index (χ3n) is 4.56. The molecule has 5 heteroatoms. The summed E-state index contributed by atoms with van der Waals surface area (Å²) in [6, 6.07) is 6.35. The fraction of sp³-hybridized carbons (Fsp3) is 0.444. The van der Waals surface area contributed by atoms with Crippen LogP contribution in [0.2, 0.25) is 0 Å². The number of aryl methyl sites for hydroxylation is 2. The molecule has 0 aliphatic heterocycles. The standard InChI is InChI=1S/C18H24N4O/c1-4-19-18(23)21-16-6-5-7-17-15(16)11-20-22(17)14-9-8-12(2)13(3)10-14/h8-11,16H,4-7H2,1-3H3,(H2,19,21,23)/t16-/m1/s1. The van der Waals surface area contributed by atoms with Gasteiger partial charge in [0.15, 0.2) is 0 Å². The topological polar surface area (TPSA) is 59.0 Å². The zero-order valence-corrected chi connectivity index (χ0v) is 14.0. The summed E-state index contributed by atoms with van der Waals surface area (Å²) >= 11 is 0. The highest BCUT2D eigenvalue weighted by atomic mass is 16.2. The Hall–Kier alpha value is -2.30. The van der Waals surface area contributed by atoms with Crippen LogP contribution in [-0.2, 0) is 6.42 Å². The first-order chi connectivity index (χ1) is 11.1. The van der Waals surface area contributed by atoms with E-state index in [1.54, 1.807) is 0 Å². The number of rotatable bonds is 3. The van der Waals surface area contributed by atoms with Gasteiger partial charge in [-0.1, -0.05) is 6.07 Å². The number of nitrogens with one attached hydrogen (secondary N) is 2. The molecule has 1 heterocycles. The van der Waals surface area contributed by atoms with E-state index in [2.05, 4.69) is 47.8 Å². The molecular weight excluding hydrogens is 288 g/mol. The molecule has 122 valence electrons. The number of hydrogen-bond donors (Lipinski definition) is 2. The minimum atomic E-state index is -0.107. The van der Waals surface area contributed by atoms with E-state index in [9.17, 15) is 4.79 Å². The maximum absolute atomic E-state index is 11.8. The first-order valence-electron chi connectivity index (χ1n) is 8.29. The quantitative estimate of drug-likeness (QED) is 0.914. The van der Waals surface area contributed by atoms with Gasteiger partial charge in [0.2, 0.25) is 0 Å². The van der Waals surface area contributed by atoms with Crippen molar-refractivity contribution in [3.05, 3.63) is 46.8 Å². The Kier molecular flexibility index (Phi) is 4.37. The Morgan fingerprint density at radius 3 is 2.91 bits per heavy atom. The van der Waals surface area contributed by atoms with Crippen molar-refractivity contribution < 1.29 is 4.79 Å². The van der Waals surface area contributed by atoms with Crippen molar-refractivity contribution in [2.75, 3.05) is 6.54 Å². The van der Waals surface area contributed by atoms with Crippen molar-refractivity contribution in [2.24, 2.45) is 0 Å². The van der Waals surface area contributed by atoms with Crippen molar-refractivity contribution in [2.45, 2.75) is 46.1 Å². The van der Waals surface area contributed by atoms with Crippen LogP contribution in [0.4, 0.5) is 4.79 Å². The molecule has 0 unspecified atom stereocenters. The molecule has 0 radical (unpaired) electrons. The number of carbonyl (C=O) groups is 1. The van der Waals surface area contributed by atoms with E-state index in [1.807, 2.05) is 17.8 Å². The van der Waals surface area contributed by atoms with Gasteiger partial charge in [0, 0.05) is 17.8 Å². The van der Waals surface area contributed by atoms with Crippen LogP contribution in [0.25, 0.3) is 5.69 Å². The zero-order valence-electron chi connectivity index (χ0n) is 14.0. The monoisotopic (exact) mass is 312 g/mol. The molecule has 5 nitrogen and oxygen atoms in total. The van der Waals surface area contributed by atoms with Crippen LogP contribution in [0.3, 0.4) is 0 Å². The van der Waals surface area contributed by atoms with Crippen molar-refractivity contribution in [3.63, 3.8) is 0 Å². The van der Waals surface area contributed by atoms with Crippen LogP contribution < -0.4 is 10.6 Å². The van der Waals surface area contributed by atoms with E-state index >= 15 is 0 Å². The molecule has 0 saturated heterocycles. The number of carbonyl (C=O) groups excluding carboxylic acids is 1. The van der Waals surface area contributed by atoms with Gasteiger partial charge < -0.3 is 10.6 Å². The SMILES string of the molecule is CCNC(=O)N[C@@H]1CCCc2c1cnn2-c1ccc(C)c(C)c1. The van der Waals surface area contributed by atoms with E-state index in [0.717, 1.165) is 30.5 Å². The number of benzene rings is 1. The number of amides is 2. The molecule has 0 spiro atoms. The highest BCUT2D eigenvalue weighted by Crippen LogP contribution is 2.31. The number of aromatic nitrogens is 2. The predicted molar refractivity (Wildman–Crippen MR) is 90.9 cm³/mol. The summed E-state index contributed by atoms with van der Waals surface area (Å²) in [7, 11) is 0. The molecule has 1 aromatic carbocycles. The molecular formula is C18H24N4O. The second kappa shape index (κ2) is 6.44. The van der Waals surface area contributed by atoms with Gasteiger partial charge in [0.1, 0.15) is 0 Å². The smallest absolute Gasteiger partial charge is 0.315 e. The first kappa shape index (κ1) is 15.6. The number of urea groups is 1. The van der Waals surface area contributed by atoms with Gasteiger partial charge in [-0.15, -0.1) is 0 Å². The second-order valence-corrected chi connectivity index (χ2v) is 6.18. The van der Waals surface area contributed by atoms with E-state index in [-0.39, 0.29) is 12.1 Å². The summed E-state index contributed by atoms with van der Waals surface area (Å²) in [5.41, 5.74) is 5.99. The maximum Gasteiger partial charge on any atom is 0.315 e. The lowest BCUT2D eigenvalue weighted by atomic mass is 9.93. The fourth-order valence-electron chi connectivity index (χ4n) is 3.16. The van der Waals surface area contributed by atoms with E-state index in [0.29, 0.717) is 6.54 Å². The minimum absolute atomic E-state index is 0.0468. The summed E-state index contributed by atoms with van der Waals surface area (Å²) in [6.45, 7) is 6.79. The number of hydrogen-bond acceptors (Lipinski definition) is 2. The summed E-state index contributed by atoms with van der Waals surface area (Å²) in [5.74, 6) is 0. The lowest BCUT2D eigenvalue weighted by Crippen LogP contribution is -2.38. The predicted octanol–water partition coefficient (Wildman–Crippen LogP) is 3.19. The summed E-state index contributed by atoms with van der Waals surface area (Å²) in [6.07, 6.45) is 4.92. The molecule has 3 rings (SSSR count). The third kappa shape index (κ3) is 3.09. The van der Waals surface area contributed by atoms with Crippen LogP contribution in [0.15, 0.2) is 24.4 Å². The van der Waals surface area contributed by atoms with Crippen LogP contribution in [0.5, 0.6) is 0 Å². The van der Waals surface area contributed by atoms with Gasteiger partial charge in [-0.25, -0.2) is 9.48 Å². The van der Waals surface area contributed by atoms with Gasteiger partial charge in [-0.05, 0) is 63.3 Å². The van der Waals surface area contributed by atoms with Gasteiger partial charge in [0.05, 0.1) is 17.9 Å². The summed E-state index contributed by atoms with van der Waals surface area (Å²) in [5, 5.41) is 10.4. The van der Waals surface area contributed by atoms with Crippen molar-refractivity contribution in [1.82, 2.24) is 20.4 Å². The van der Waals surface area contributed by atoms with Crippen LogP contribution in [0.1, 0.15) is 48.2 Å². The van der Waals surface area contributed by atoms with Crippen molar-refractivity contribution >= 4 is 6.03 Å². The summed E-state index contributed by atoms with van der Waals surface area (Å²) in [4.78, 5) is 11.8. The van der Waals surface area contributed by atoms with Crippen LogP contribution in [-0.4, -0.2) is 22.4 Å². The molecule has 2 amide bonds. The lowest BCUT2D eigenvalue weighted by molar-refractivity contribution is 0.236. The highest BCUT2D eigenvalue weighted by Gasteiger charge is 2.25. The fourth-order valence-corrected chi connectivity index (χ4v) is 3.16. The third-order valence-corrected chi connectivity index (χ3v) is 4.56. The summed E-state index contributed by atoms with van der Waals surface area (Å²) < 4.78 is 2.02. The Bertz CT molecular complexity index is 720. The molecule has 0 fully saturated rings. The molecule has 0 bridgehead atoms. The molecule has 1 atom stereocenters. The van der Waals surface area contributed by atoms with Crippen molar-refractivity contribution in [1.29, 1.82) is 0 Å². The van der Waals surface area contributed by atoms with E-state index < -0.39 is 0 Å². The van der Waals surface area contributed by atoms with E-state index in [4.69, 9.17) is 0 Å². The molecule has 23 heavy (non-hydrogen) atoms. The molecule has 2 aromatic rings. The highest BCUT2D eigenvalue weighted by molar-refractivity contribution is 5.74. The van der Waals surface area contributed by atoms with Gasteiger partial charge in [-0.3, -0.25) is 0 Å². The Balaban J connectivity index is 1.90. The maximum atomic E-state index is 11.8. The normalized spacial score (nSPS) is 16.7.